The second kappa shape index (κ2) is 6.92. The summed E-state index contributed by atoms with van der Waals surface area (Å²) in [7, 11) is 0. The van der Waals surface area contributed by atoms with Gasteiger partial charge in [-0.05, 0) is 63.2 Å². The minimum Gasteiger partial charge on any atom is -0.361 e. The van der Waals surface area contributed by atoms with Gasteiger partial charge in [0.2, 0.25) is 5.91 Å². The number of aryl methyl sites for hydroxylation is 2. The summed E-state index contributed by atoms with van der Waals surface area (Å²) in [5.41, 5.74) is 3.53. The van der Waals surface area contributed by atoms with Gasteiger partial charge in [-0.15, -0.1) is 11.3 Å². The highest BCUT2D eigenvalue weighted by atomic mass is 32.1. The Balaban J connectivity index is 1.32. The molecular formula is C19H25N3O2S. The molecule has 0 radical (unpaired) electrons. The van der Waals surface area contributed by atoms with Crippen molar-refractivity contribution in [2.24, 2.45) is 5.92 Å². The van der Waals surface area contributed by atoms with E-state index < -0.39 is 0 Å². The third kappa shape index (κ3) is 3.37. The van der Waals surface area contributed by atoms with Gasteiger partial charge in [0, 0.05) is 36.0 Å². The second-order valence-electron chi connectivity index (χ2n) is 7.23. The van der Waals surface area contributed by atoms with E-state index in [-0.39, 0.29) is 5.92 Å². The summed E-state index contributed by atoms with van der Waals surface area (Å²) in [5.74, 6) is 1.45. The maximum atomic E-state index is 12.9. The number of hydrogen-bond acceptors (Lipinski definition) is 5. The molecule has 0 bridgehead atoms. The molecule has 2 aliphatic rings. The molecule has 1 amide bonds. The molecule has 5 nitrogen and oxygen atoms in total. The van der Waals surface area contributed by atoms with E-state index in [0.29, 0.717) is 5.91 Å². The van der Waals surface area contributed by atoms with Crippen LogP contribution in [0.3, 0.4) is 0 Å². The number of carbonyl (C=O) groups excluding carboxylic acids is 1. The minimum absolute atomic E-state index is 0.182. The van der Waals surface area contributed by atoms with Crippen molar-refractivity contribution in [3.63, 3.8) is 0 Å². The number of amides is 1. The largest absolute Gasteiger partial charge is 0.361 e. The van der Waals surface area contributed by atoms with Crippen molar-refractivity contribution in [2.45, 2.75) is 46.2 Å². The summed E-state index contributed by atoms with van der Waals surface area (Å²) >= 11 is 1.82. The number of aromatic nitrogens is 1. The topological polar surface area (TPSA) is 49.6 Å². The molecule has 0 saturated carbocycles. The Hall–Kier alpha value is -1.66. The number of rotatable bonds is 3. The maximum absolute atomic E-state index is 12.9. The lowest BCUT2D eigenvalue weighted by molar-refractivity contribution is -0.138. The van der Waals surface area contributed by atoms with Gasteiger partial charge in [-0.2, -0.15) is 0 Å². The molecule has 2 aliphatic heterocycles. The zero-order valence-electron chi connectivity index (χ0n) is 15.0. The zero-order chi connectivity index (χ0) is 17.4. The van der Waals surface area contributed by atoms with Crippen LogP contribution in [-0.2, 0) is 24.3 Å². The van der Waals surface area contributed by atoms with Gasteiger partial charge in [-0.25, -0.2) is 0 Å². The van der Waals surface area contributed by atoms with E-state index in [1.54, 1.807) is 0 Å². The van der Waals surface area contributed by atoms with Crippen molar-refractivity contribution in [2.75, 3.05) is 19.6 Å². The first-order valence-corrected chi connectivity index (χ1v) is 9.98. The Morgan fingerprint density at radius 1 is 1.32 bits per heavy atom. The molecule has 134 valence electrons. The monoisotopic (exact) mass is 359 g/mol. The molecule has 1 saturated heterocycles. The number of likely N-dealkylation sites (tertiary alicyclic amines) is 1. The minimum atomic E-state index is 0.182. The lowest BCUT2D eigenvalue weighted by atomic mass is 9.94. The van der Waals surface area contributed by atoms with Crippen molar-refractivity contribution in [1.29, 1.82) is 0 Å². The van der Waals surface area contributed by atoms with E-state index in [4.69, 9.17) is 4.52 Å². The van der Waals surface area contributed by atoms with E-state index in [2.05, 4.69) is 26.4 Å². The molecule has 1 fully saturated rings. The van der Waals surface area contributed by atoms with Crippen LogP contribution < -0.4 is 0 Å². The van der Waals surface area contributed by atoms with Crippen molar-refractivity contribution < 1.29 is 9.32 Å². The smallest absolute Gasteiger partial charge is 0.226 e. The summed E-state index contributed by atoms with van der Waals surface area (Å²) in [6.07, 6.45) is 2.92. The van der Waals surface area contributed by atoms with Gasteiger partial charge in [0.25, 0.3) is 0 Å². The fourth-order valence-corrected chi connectivity index (χ4v) is 4.87. The molecule has 25 heavy (non-hydrogen) atoms. The zero-order valence-corrected chi connectivity index (χ0v) is 15.8. The molecule has 2 aromatic rings. The van der Waals surface area contributed by atoms with Crippen LogP contribution in [0.4, 0.5) is 0 Å². The Morgan fingerprint density at radius 2 is 2.12 bits per heavy atom. The van der Waals surface area contributed by atoms with Crippen molar-refractivity contribution in [3.05, 3.63) is 38.9 Å². The van der Waals surface area contributed by atoms with Crippen LogP contribution in [0.2, 0.25) is 0 Å². The molecule has 2 aromatic heterocycles. The normalized spacial score (nSPS) is 19.2. The maximum Gasteiger partial charge on any atom is 0.226 e. The number of carbonyl (C=O) groups is 1. The van der Waals surface area contributed by atoms with E-state index in [9.17, 15) is 4.79 Å². The molecule has 4 heterocycles. The van der Waals surface area contributed by atoms with Crippen LogP contribution in [-0.4, -0.2) is 40.5 Å². The molecule has 0 spiro atoms. The highest BCUT2D eigenvalue weighted by Gasteiger charge is 2.31. The molecule has 0 atom stereocenters. The Bertz CT molecular complexity index is 739. The lowest BCUT2D eigenvalue weighted by Crippen LogP contribution is -2.44. The van der Waals surface area contributed by atoms with Crippen molar-refractivity contribution in [3.8, 4) is 0 Å². The van der Waals surface area contributed by atoms with E-state index in [1.165, 1.54) is 16.0 Å². The third-order valence-corrected chi connectivity index (χ3v) is 6.64. The van der Waals surface area contributed by atoms with Gasteiger partial charge in [-0.1, -0.05) is 5.16 Å². The predicted octanol–water partition coefficient (Wildman–Crippen LogP) is 3.15. The van der Waals surface area contributed by atoms with Crippen LogP contribution >= 0.6 is 11.3 Å². The molecule has 6 heteroatoms. The molecule has 4 rings (SSSR count). The average molecular weight is 359 g/mol. The first-order chi connectivity index (χ1) is 12.1. The quantitative estimate of drug-likeness (QED) is 0.845. The van der Waals surface area contributed by atoms with E-state index >= 15 is 0 Å². The fraction of sp³-hybridized carbons (Fsp3) is 0.579. The number of hydrogen-bond donors (Lipinski definition) is 0. The van der Waals surface area contributed by atoms with Crippen LogP contribution in [0, 0.1) is 19.8 Å². The fourth-order valence-electron chi connectivity index (χ4n) is 3.98. The summed E-state index contributed by atoms with van der Waals surface area (Å²) in [5, 5.41) is 6.18. The van der Waals surface area contributed by atoms with Gasteiger partial charge >= 0.3 is 0 Å². The number of fused-ring (bicyclic) bond motifs is 1. The van der Waals surface area contributed by atoms with Crippen LogP contribution in [0.1, 0.15) is 40.3 Å². The summed E-state index contributed by atoms with van der Waals surface area (Å²) in [6, 6.07) is 2.17. The molecular weight excluding hydrogens is 334 g/mol. The lowest BCUT2D eigenvalue weighted by Gasteiger charge is -2.35. The van der Waals surface area contributed by atoms with Gasteiger partial charge in [0.1, 0.15) is 5.76 Å². The number of thiophene rings is 1. The third-order valence-electron chi connectivity index (χ3n) is 5.62. The molecule has 0 N–H and O–H groups in total. The van der Waals surface area contributed by atoms with Gasteiger partial charge in [0.15, 0.2) is 0 Å². The van der Waals surface area contributed by atoms with Gasteiger partial charge < -0.3 is 9.42 Å². The summed E-state index contributed by atoms with van der Waals surface area (Å²) in [4.78, 5) is 18.9. The number of piperidine rings is 1. The van der Waals surface area contributed by atoms with Crippen LogP contribution in [0.15, 0.2) is 16.0 Å². The SMILES string of the molecule is Cc1noc(C)c1CN1CCC(C(=O)N2CCc3sccc3C2)CC1. The Morgan fingerprint density at radius 3 is 2.84 bits per heavy atom. The highest BCUT2D eigenvalue weighted by molar-refractivity contribution is 7.10. The number of nitrogens with zero attached hydrogens (tertiary/aromatic N) is 3. The van der Waals surface area contributed by atoms with Crippen molar-refractivity contribution >= 4 is 17.2 Å². The molecule has 0 unspecified atom stereocenters. The second-order valence-corrected chi connectivity index (χ2v) is 8.23. The van der Waals surface area contributed by atoms with Gasteiger partial charge in [0.05, 0.1) is 5.69 Å². The van der Waals surface area contributed by atoms with E-state index in [0.717, 1.165) is 63.4 Å². The highest BCUT2D eigenvalue weighted by Crippen LogP contribution is 2.28. The van der Waals surface area contributed by atoms with Crippen molar-refractivity contribution in [1.82, 2.24) is 15.0 Å². The van der Waals surface area contributed by atoms with Gasteiger partial charge in [-0.3, -0.25) is 9.69 Å². The average Bonchev–Trinajstić information content (AvgIpc) is 3.22. The summed E-state index contributed by atoms with van der Waals surface area (Å²) in [6.45, 7) is 8.47. The molecule has 0 aromatic carbocycles. The van der Waals surface area contributed by atoms with Crippen LogP contribution in [0.25, 0.3) is 0 Å². The Kier molecular flexibility index (Phi) is 4.65. The van der Waals surface area contributed by atoms with E-state index in [1.807, 2.05) is 25.2 Å². The summed E-state index contributed by atoms with van der Waals surface area (Å²) < 4.78 is 5.26. The first kappa shape index (κ1) is 16.8. The predicted molar refractivity (Wildman–Crippen MR) is 97.4 cm³/mol. The molecule has 0 aliphatic carbocycles. The standard InChI is InChI=1S/C19H25N3O2S/c1-13-17(14(2)24-20-13)12-21-7-3-15(4-8-21)19(23)22-9-5-18-16(11-22)6-10-25-18/h6,10,15H,3-5,7-9,11-12H2,1-2H3. The first-order valence-electron chi connectivity index (χ1n) is 9.10. The van der Waals surface area contributed by atoms with Crippen LogP contribution in [0.5, 0.6) is 0 Å². The Labute approximate surface area is 152 Å².